The molecule has 3 aromatic rings. The minimum Gasteiger partial charge on any atom is -0.330 e. The lowest BCUT2D eigenvalue weighted by Gasteiger charge is -2.22. The Morgan fingerprint density at radius 1 is 1.07 bits per heavy atom. The molecule has 0 radical (unpaired) electrons. The number of amides is 1. The van der Waals surface area contributed by atoms with Gasteiger partial charge in [-0.25, -0.2) is 9.07 Å². The summed E-state index contributed by atoms with van der Waals surface area (Å²) in [7, 11) is 0. The van der Waals surface area contributed by atoms with Gasteiger partial charge in [0.15, 0.2) is 5.69 Å². The Morgan fingerprint density at radius 2 is 1.82 bits per heavy atom. The molecule has 1 amide bonds. The van der Waals surface area contributed by atoms with E-state index >= 15 is 0 Å². The fourth-order valence-electron chi connectivity index (χ4n) is 4.10. The molecule has 2 aromatic carbocycles. The molecule has 0 unspecified atom stereocenters. The summed E-state index contributed by atoms with van der Waals surface area (Å²) in [6.07, 6.45) is 4.70. The SMILES string of the molecule is O=C(c1nn(-c2ccccc2F)c2c1CCC2)N(Cc1ccccc1)C1CC1. The fourth-order valence-corrected chi connectivity index (χ4v) is 4.10. The third-order valence-electron chi connectivity index (χ3n) is 5.66. The van der Waals surface area contributed by atoms with Crippen LogP contribution in [-0.4, -0.2) is 26.6 Å². The van der Waals surface area contributed by atoms with Crippen LogP contribution >= 0.6 is 0 Å². The van der Waals surface area contributed by atoms with E-state index < -0.39 is 0 Å². The van der Waals surface area contributed by atoms with E-state index in [1.54, 1.807) is 22.9 Å². The molecule has 0 saturated heterocycles. The van der Waals surface area contributed by atoms with Gasteiger partial charge in [-0.15, -0.1) is 0 Å². The van der Waals surface area contributed by atoms with Gasteiger partial charge in [-0.05, 0) is 49.8 Å². The van der Waals surface area contributed by atoms with Crippen molar-refractivity contribution in [1.29, 1.82) is 0 Å². The summed E-state index contributed by atoms with van der Waals surface area (Å²) in [6.45, 7) is 0.589. The molecule has 0 bridgehead atoms. The molecule has 5 heteroatoms. The van der Waals surface area contributed by atoms with Gasteiger partial charge in [-0.2, -0.15) is 5.10 Å². The van der Waals surface area contributed by atoms with Gasteiger partial charge in [-0.3, -0.25) is 4.79 Å². The predicted octanol–water partition coefficient (Wildman–Crippen LogP) is 4.30. The number of aromatic nitrogens is 2. The molecular weight excluding hydrogens is 353 g/mol. The highest BCUT2D eigenvalue weighted by Gasteiger charge is 2.37. The second-order valence-electron chi connectivity index (χ2n) is 7.64. The molecule has 1 saturated carbocycles. The Hall–Kier alpha value is -2.95. The second-order valence-corrected chi connectivity index (χ2v) is 7.64. The van der Waals surface area contributed by atoms with E-state index in [1.807, 2.05) is 35.2 Å². The summed E-state index contributed by atoms with van der Waals surface area (Å²) in [4.78, 5) is 15.4. The number of benzene rings is 2. The van der Waals surface area contributed by atoms with Gasteiger partial charge in [0.2, 0.25) is 0 Å². The molecule has 0 spiro atoms. The molecule has 28 heavy (non-hydrogen) atoms. The maximum Gasteiger partial charge on any atom is 0.275 e. The van der Waals surface area contributed by atoms with E-state index in [2.05, 4.69) is 5.10 Å². The average molecular weight is 375 g/mol. The number of para-hydroxylation sites is 1. The number of halogens is 1. The largest absolute Gasteiger partial charge is 0.330 e. The second kappa shape index (κ2) is 6.89. The first-order chi connectivity index (χ1) is 13.7. The van der Waals surface area contributed by atoms with E-state index in [4.69, 9.17) is 0 Å². The third kappa shape index (κ3) is 3.01. The molecule has 2 aliphatic carbocycles. The number of carbonyl (C=O) groups is 1. The van der Waals surface area contributed by atoms with Crippen LogP contribution in [0.4, 0.5) is 4.39 Å². The molecule has 2 aliphatic rings. The lowest BCUT2D eigenvalue weighted by Crippen LogP contribution is -2.33. The number of carbonyl (C=O) groups excluding carboxylic acids is 1. The molecule has 0 N–H and O–H groups in total. The van der Waals surface area contributed by atoms with Crippen molar-refractivity contribution in [2.45, 2.75) is 44.7 Å². The maximum absolute atomic E-state index is 14.4. The van der Waals surface area contributed by atoms with Crippen LogP contribution in [-0.2, 0) is 19.4 Å². The number of hydrogen-bond donors (Lipinski definition) is 0. The lowest BCUT2D eigenvalue weighted by molar-refractivity contribution is 0.0722. The van der Waals surface area contributed by atoms with Gasteiger partial charge >= 0.3 is 0 Å². The third-order valence-corrected chi connectivity index (χ3v) is 5.66. The van der Waals surface area contributed by atoms with E-state index in [9.17, 15) is 9.18 Å². The van der Waals surface area contributed by atoms with Crippen molar-refractivity contribution in [3.63, 3.8) is 0 Å². The Kier molecular flexibility index (Phi) is 4.23. The van der Waals surface area contributed by atoms with Crippen LogP contribution in [0.5, 0.6) is 0 Å². The average Bonchev–Trinajstić information content (AvgIpc) is 3.33. The first-order valence-corrected chi connectivity index (χ1v) is 9.93. The Balaban J connectivity index is 1.53. The highest BCUT2D eigenvalue weighted by atomic mass is 19.1. The smallest absolute Gasteiger partial charge is 0.275 e. The fraction of sp³-hybridized carbons (Fsp3) is 0.304. The molecule has 0 aliphatic heterocycles. The van der Waals surface area contributed by atoms with Crippen LogP contribution in [0, 0.1) is 5.82 Å². The minimum absolute atomic E-state index is 0.0282. The zero-order chi connectivity index (χ0) is 19.1. The molecule has 0 atom stereocenters. The Bertz CT molecular complexity index is 1020. The molecule has 142 valence electrons. The lowest BCUT2D eigenvalue weighted by atomic mass is 10.1. The quantitative estimate of drug-likeness (QED) is 0.667. The Morgan fingerprint density at radius 3 is 2.57 bits per heavy atom. The summed E-state index contributed by atoms with van der Waals surface area (Å²) in [5.41, 5.74) is 4.00. The molecule has 5 rings (SSSR count). The number of nitrogens with zero attached hydrogens (tertiary/aromatic N) is 3. The molecule has 1 fully saturated rings. The highest BCUT2D eigenvalue weighted by Crippen LogP contribution is 2.33. The van der Waals surface area contributed by atoms with E-state index in [0.717, 1.165) is 48.9 Å². The van der Waals surface area contributed by atoms with Crippen LogP contribution in [0.25, 0.3) is 5.69 Å². The van der Waals surface area contributed by atoms with Crippen LogP contribution in [0.15, 0.2) is 54.6 Å². The molecule has 4 nitrogen and oxygen atoms in total. The van der Waals surface area contributed by atoms with Crippen molar-refractivity contribution in [1.82, 2.24) is 14.7 Å². The summed E-state index contributed by atoms with van der Waals surface area (Å²) in [5.74, 6) is -0.346. The van der Waals surface area contributed by atoms with Crippen LogP contribution in [0.2, 0.25) is 0 Å². The first kappa shape index (κ1) is 17.2. The first-order valence-electron chi connectivity index (χ1n) is 9.93. The summed E-state index contributed by atoms with van der Waals surface area (Å²) < 4.78 is 16.0. The maximum atomic E-state index is 14.4. The summed E-state index contributed by atoms with van der Waals surface area (Å²) in [6, 6.07) is 17.0. The van der Waals surface area contributed by atoms with Crippen molar-refractivity contribution < 1.29 is 9.18 Å². The Labute approximate surface area is 163 Å². The van der Waals surface area contributed by atoms with E-state index in [1.165, 1.54) is 6.07 Å². The molecule has 1 heterocycles. The van der Waals surface area contributed by atoms with Crippen molar-refractivity contribution in [2.24, 2.45) is 0 Å². The van der Waals surface area contributed by atoms with Crippen molar-refractivity contribution in [3.8, 4) is 5.69 Å². The van der Waals surface area contributed by atoms with E-state index in [-0.39, 0.29) is 17.8 Å². The number of hydrogen-bond acceptors (Lipinski definition) is 2. The molecule has 1 aromatic heterocycles. The minimum atomic E-state index is -0.318. The predicted molar refractivity (Wildman–Crippen MR) is 105 cm³/mol. The monoisotopic (exact) mass is 375 g/mol. The zero-order valence-electron chi connectivity index (χ0n) is 15.6. The van der Waals surface area contributed by atoms with Crippen molar-refractivity contribution in [2.75, 3.05) is 0 Å². The van der Waals surface area contributed by atoms with Gasteiger partial charge in [0.1, 0.15) is 11.5 Å². The summed E-state index contributed by atoms with van der Waals surface area (Å²) in [5, 5.41) is 4.62. The standard InChI is InChI=1S/C23H22FN3O/c24-19-10-4-5-11-21(19)27-20-12-6-9-18(20)22(25-27)23(28)26(17-13-14-17)15-16-7-2-1-3-8-16/h1-5,7-8,10-11,17H,6,9,12-15H2. The normalized spacial score (nSPS) is 15.5. The topological polar surface area (TPSA) is 38.1 Å². The van der Waals surface area contributed by atoms with Gasteiger partial charge in [-0.1, -0.05) is 42.5 Å². The van der Waals surface area contributed by atoms with Crippen molar-refractivity contribution >= 4 is 5.91 Å². The van der Waals surface area contributed by atoms with Gasteiger partial charge < -0.3 is 4.90 Å². The van der Waals surface area contributed by atoms with Crippen LogP contribution < -0.4 is 0 Å². The highest BCUT2D eigenvalue weighted by molar-refractivity contribution is 5.94. The zero-order valence-corrected chi connectivity index (χ0v) is 15.6. The van der Waals surface area contributed by atoms with Crippen molar-refractivity contribution in [3.05, 3.63) is 82.9 Å². The number of rotatable bonds is 5. The summed E-state index contributed by atoms with van der Waals surface area (Å²) >= 11 is 0. The van der Waals surface area contributed by atoms with Crippen LogP contribution in [0.1, 0.15) is 46.6 Å². The van der Waals surface area contributed by atoms with Gasteiger partial charge in [0.05, 0.1) is 0 Å². The number of fused-ring (bicyclic) bond motifs is 1. The van der Waals surface area contributed by atoms with Crippen LogP contribution in [0.3, 0.4) is 0 Å². The van der Waals surface area contributed by atoms with Gasteiger partial charge in [0, 0.05) is 23.8 Å². The van der Waals surface area contributed by atoms with E-state index in [0.29, 0.717) is 17.9 Å². The molecular formula is C23H22FN3O. The van der Waals surface area contributed by atoms with Gasteiger partial charge in [0.25, 0.3) is 5.91 Å².